The second kappa shape index (κ2) is 4.88. The summed E-state index contributed by atoms with van der Waals surface area (Å²) in [5, 5.41) is 13.2. The van der Waals surface area contributed by atoms with Crippen molar-refractivity contribution in [3.05, 3.63) is 41.7 Å². The van der Waals surface area contributed by atoms with Gasteiger partial charge in [0.2, 0.25) is 5.95 Å². The van der Waals surface area contributed by atoms with Crippen molar-refractivity contribution in [3.63, 3.8) is 0 Å². The number of anilines is 1. The average Bonchev–Trinajstić information content (AvgIpc) is 2.88. The van der Waals surface area contributed by atoms with Gasteiger partial charge in [-0.3, -0.25) is 0 Å². The lowest BCUT2D eigenvalue weighted by Gasteiger charge is -2.12. The van der Waals surface area contributed by atoms with Crippen molar-refractivity contribution in [2.45, 2.75) is 13.0 Å². The molecule has 92 valence electrons. The number of hydrogen-bond donors (Lipinski definition) is 0. The number of rotatable bonds is 3. The van der Waals surface area contributed by atoms with Gasteiger partial charge in [-0.1, -0.05) is 12.1 Å². The van der Waals surface area contributed by atoms with E-state index >= 15 is 0 Å². The fraction of sp³-hybridized carbons (Fsp3) is 0.308. The first-order valence-corrected chi connectivity index (χ1v) is 5.70. The maximum atomic E-state index is 8.77. The zero-order valence-electron chi connectivity index (χ0n) is 10.7. The maximum Gasteiger partial charge on any atom is 0.244 e. The molecule has 0 saturated heterocycles. The normalized spacial score (nSPS) is 11.9. The summed E-state index contributed by atoms with van der Waals surface area (Å²) in [6, 6.07) is 9.73. The fourth-order valence-corrected chi connectivity index (χ4v) is 1.65. The molecule has 0 bridgehead atoms. The third-order valence-electron chi connectivity index (χ3n) is 2.82. The molecular weight excluding hydrogens is 226 g/mol. The Balaban J connectivity index is 2.24. The number of nitrogens with zero attached hydrogens (tertiary/aromatic N) is 5. The van der Waals surface area contributed by atoms with Crippen molar-refractivity contribution in [1.29, 1.82) is 5.26 Å². The van der Waals surface area contributed by atoms with E-state index in [2.05, 4.69) is 23.1 Å². The molecule has 18 heavy (non-hydrogen) atoms. The summed E-state index contributed by atoms with van der Waals surface area (Å²) in [6.45, 7) is 2.05. The molecule has 1 unspecified atom stereocenters. The Kier molecular flexibility index (Phi) is 3.28. The molecule has 0 aliphatic carbocycles. The molecule has 0 radical (unpaired) electrons. The first kappa shape index (κ1) is 12.1. The van der Waals surface area contributed by atoms with Crippen LogP contribution in [0.3, 0.4) is 0 Å². The van der Waals surface area contributed by atoms with E-state index in [9.17, 15) is 0 Å². The third kappa shape index (κ3) is 2.33. The van der Waals surface area contributed by atoms with Crippen molar-refractivity contribution < 1.29 is 0 Å². The average molecular weight is 241 g/mol. The van der Waals surface area contributed by atoms with Crippen LogP contribution in [-0.4, -0.2) is 28.9 Å². The van der Waals surface area contributed by atoms with Gasteiger partial charge >= 0.3 is 0 Å². The van der Waals surface area contributed by atoms with Crippen LogP contribution in [-0.2, 0) is 0 Å². The quantitative estimate of drug-likeness (QED) is 0.822. The summed E-state index contributed by atoms with van der Waals surface area (Å²) in [6.07, 6.45) is 1.72. The Morgan fingerprint density at radius 2 is 1.94 bits per heavy atom. The van der Waals surface area contributed by atoms with E-state index in [-0.39, 0.29) is 6.04 Å². The van der Waals surface area contributed by atoms with Crippen molar-refractivity contribution in [2.75, 3.05) is 19.0 Å². The zero-order valence-corrected chi connectivity index (χ0v) is 10.7. The Morgan fingerprint density at radius 3 is 2.44 bits per heavy atom. The van der Waals surface area contributed by atoms with Crippen LogP contribution in [0, 0.1) is 11.3 Å². The molecule has 1 aromatic carbocycles. The van der Waals surface area contributed by atoms with Gasteiger partial charge in [0.15, 0.2) is 0 Å². The van der Waals surface area contributed by atoms with Crippen molar-refractivity contribution in [3.8, 4) is 6.07 Å². The minimum atomic E-state index is 0.0962. The van der Waals surface area contributed by atoms with E-state index in [0.29, 0.717) is 11.5 Å². The summed E-state index contributed by atoms with van der Waals surface area (Å²) >= 11 is 0. The topological polar surface area (TPSA) is 57.7 Å². The van der Waals surface area contributed by atoms with E-state index in [1.807, 2.05) is 47.9 Å². The molecule has 0 aliphatic rings. The van der Waals surface area contributed by atoms with Crippen LogP contribution in [0.2, 0.25) is 0 Å². The summed E-state index contributed by atoms with van der Waals surface area (Å²) in [5.41, 5.74) is 1.77. The highest BCUT2D eigenvalue weighted by molar-refractivity contribution is 5.33. The molecule has 1 aromatic heterocycles. The highest BCUT2D eigenvalue weighted by Gasteiger charge is 2.11. The minimum absolute atomic E-state index is 0.0962. The number of aromatic nitrogens is 3. The lowest BCUT2D eigenvalue weighted by molar-refractivity contribution is 0.562. The first-order valence-electron chi connectivity index (χ1n) is 5.70. The van der Waals surface area contributed by atoms with Crippen LogP contribution < -0.4 is 4.90 Å². The van der Waals surface area contributed by atoms with Crippen LogP contribution in [0.5, 0.6) is 0 Å². The molecule has 2 rings (SSSR count). The van der Waals surface area contributed by atoms with Crippen LogP contribution in [0.1, 0.15) is 24.1 Å². The molecule has 0 spiro atoms. The highest BCUT2D eigenvalue weighted by atomic mass is 15.4. The summed E-state index contributed by atoms with van der Waals surface area (Å²) in [7, 11) is 3.82. The van der Waals surface area contributed by atoms with Crippen LogP contribution >= 0.6 is 0 Å². The molecule has 2 aromatic rings. The van der Waals surface area contributed by atoms with Crippen LogP contribution in [0.15, 0.2) is 30.6 Å². The van der Waals surface area contributed by atoms with E-state index in [1.165, 1.54) is 0 Å². The largest absolute Gasteiger partial charge is 0.346 e. The number of hydrogen-bond acceptors (Lipinski definition) is 4. The molecule has 1 atom stereocenters. The van der Waals surface area contributed by atoms with Gasteiger partial charge in [0.05, 0.1) is 17.7 Å². The summed E-state index contributed by atoms with van der Waals surface area (Å²) in [4.78, 5) is 6.08. The molecule has 0 fully saturated rings. The smallest absolute Gasteiger partial charge is 0.244 e. The molecule has 0 aliphatic heterocycles. The van der Waals surface area contributed by atoms with E-state index in [4.69, 9.17) is 5.26 Å². The van der Waals surface area contributed by atoms with Gasteiger partial charge in [-0.25, -0.2) is 9.67 Å². The molecule has 0 saturated carbocycles. The monoisotopic (exact) mass is 241 g/mol. The Bertz CT molecular complexity index is 562. The number of nitriles is 1. The summed E-state index contributed by atoms with van der Waals surface area (Å²) < 4.78 is 1.82. The van der Waals surface area contributed by atoms with Crippen molar-refractivity contribution in [1.82, 2.24) is 14.8 Å². The molecule has 0 amide bonds. The fourth-order valence-electron chi connectivity index (χ4n) is 1.65. The molecular formula is C13H15N5. The predicted molar refractivity (Wildman–Crippen MR) is 69.3 cm³/mol. The maximum absolute atomic E-state index is 8.77. The van der Waals surface area contributed by atoms with E-state index in [0.717, 1.165) is 5.56 Å². The first-order chi connectivity index (χ1) is 8.61. The standard InChI is InChI=1S/C13H15N5/c1-10(12-6-4-11(8-14)5-7-12)18-9-15-13(16-18)17(2)3/h4-7,9-10H,1-3H3. The molecule has 0 N–H and O–H groups in total. The minimum Gasteiger partial charge on any atom is -0.346 e. The van der Waals surface area contributed by atoms with Gasteiger partial charge in [0.1, 0.15) is 6.33 Å². The Morgan fingerprint density at radius 1 is 1.28 bits per heavy atom. The van der Waals surface area contributed by atoms with Gasteiger partial charge in [-0.05, 0) is 24.6 Å². The molecule has 5 heteroatoms. The second-order valence-corrected chi connectivity index (χ2v) is 4.33. The Hall–Kier alpha value is -2.35. The second-order valence-electron chi connectivity index (χ2n) is 4.33. The predicted octanol–water partition coefficient (Wildman–Crippen LogP) is 1.83. The lowest BCUT2D eigenvalue weighted by Crippen LogP contribution is -2.12. The van der Waals surface area contributed by atoms with Crippen molar-refractivity contribution in [2.24, 2.45) is 0 Å². The summed E-state index contributed by atoms with van der Waals surface area (Å²) in [5.74, 6) is 0.690. The molecule has 1 heterocycles. The lowest BCUT2D eigenvalue weighted by atomic mass is 10.1. The third-order valence-corrected chi connectivity index (χ3v) is 2.82. The SMILES string of the molecule is CC(c1ccc(C#N)cc1)n1cnc(N(C)C)n1. The van der Waals surface area contributed by atoms with E-state index < -0.39 is 0 Å². The van der Waals surface area contributed by atoms with Gasteiger partial charge in [0, 0.05) is 14.1 Å². The number of benzene rings is 1. The van der Waals surface area contributed by atoms with Gasteiger partial charge in [0.25, 0.3) is 0 Å². The van der Waals surface area contributed by atoms with Crippen LogP contribution in [0.25, 0.3) is 0 Å². The highest BCUT2D eigenvalue weighted by Crippen LogP contribution is 2.18. The van der Waals surface area contributed by atoms with Gasteiger partial charge in [-0.15, -0.1) is 5.10 Å². The van der Waals surface area contributed by atoms with Crippen LogP contribution in [0.4, 0.5) is 5.95 Å². The zero-order chi connectivity index (χ0) is 13.1. The van der Waals surface area contributed by atoms with Gasteiger partial charge < -0.3 is 4.90 Å². The molecule has 5 nitrogen and oxygen atoms in total. The van der Waals surface area contributed by atoms with Crippen molar-refractivity contribution >= 4 is 5.95 Å². The van der Waals surface area contributed by atoms with E-state index in [1.54, 1.807) is 6.33 Å². The van der Waals surface area contributed by atoms with Gasteiger partial charge in [-0.2, -0.15) is 5.26 Å². The Labute approximate surface area is 106 Å².